The lowest BCUT2D eigenvalue weighted by molar-refractivity contribution is -0.139. The van der Waals surface area contributed by atoms with Gasteiger partial charge in [-0.3, -0.25) is 9.59 Å². The average Bonchev–Trinajstić information content (AvgIpc) is 2.32. The number of primary amides is 1. The summed E-state index contributed by atoms with van der Waals surface area (Å²) in [5, 5.41) is 11.4. The fraction of sp³-hybridized carbons (Fsp3) is 0.357. The number of carbonyl (C=O) groups excluding carboxylic acids is 2. The Bertz CT molecular complexity index is 520. The molecule has 0 saturated heterocycles. The van der Waals surface area contributed by atoms with Crippen LogP contribution in [0.5, 0.6) is 0 Å². The van der Waals surface area contributed by atoms with Crippen molar-refractivity contribution in [3.63, 3.8) is 0 Å². The normalized spacial score (nSPS) is 11.7. The molecular weight excluding hydrogens is 260 g/mol. The molecule has 0 fully saturated rings. The Morgan fingerprint density at radius 2 is 1.75 bits per heavy atom. The predicted octanol–water partition coefficient (Wildman–Crippen LogP) is 0.752. The van der Waals surface area contributed by atoms with Crippen LogP contribution in [-0.4, -0.2) is 28.9 Å². The number of aryl methyl sites for hydroxylation is 2. The first-order chi connectivity index (χ1) is 9.29. The molecule has 2 amide bonds. The molecule has 6 heteroatoms. The van der Waals surface area contributed by atoms with Crippen molar-refractivity contribution >= 4 is 17.8 Å². The summed E-state index contributed by atoms with van der Waals surface area (Å²) >= 11 is 0. The van der Waals surface area contributed by atoms with Gasteiger partial charge in [0.15, 0.2) is 0 Å². The van der Waals surface area contributed by atoms with Crippen LogP contribution >= 0.6 is 0 Å². The third kappa shape index (κ3) is 4.72. The van der Waals surface area contributed by atoms with Gasteiger partial charge in [0.1, 0.15) is 6.04 Å². The molecule has 20 heavy (non-hydrogen) atoms. The maximum atomic E-state index is 12.0. The van der Waals surface area contributed by atoms with Crippen LogP contribution in [0.3, 0.4) is 0 Å². The first-order valence-corrected chi connectivity index (χ1v) is 6.20. The number of carboxylic acids is 1. The Balaban J connectivity index is 2.79. The quantitative estimate of drug-likeness (QED) is 0.713. The molecule has 0 aliphatic rings. The first kappa shape index (κ1) is 15.7. The van der Waals surface area contributed by atoms with E-state index in [1.54, 1.807) is 12.1 Å². The number of carboxylic acid groups (broad SMARTS) is 1. The van der Waals surface area contributed by atoms with E-state index < -0.39 is 23.8 Å². The lowest BCUT2D eigenvalue weighted by Gasteiger charge is -2.14. The molecule has 0 spiro atoms. The number of hydrogen-bond donors (Lipinski definition) is 3. The van der Waals surface area contributed by atoms with Crippen LogP contribution < -0.4 is 11.1 Å². The van der Waals surface area contributed by atoms with Crippen LogP contribution in [0, 0.1) is 13.8 Å². The van der Waals surface area contributed by atoms with Crippen molar-refractivity contribution in [2.45, 2.75) is 32.7 Å². The van der Waals surface area contributed by atoms with Crippen molar-refractivity contribution < 1.29 is 19.5 Å². The molecule has 4 N–H and O–H groups in total. The molecule has 1 atom stereocenters. The summed E-state index contributed by atoms with van der Waals surface area (Å²) in [5.74, 6) is -2.27. The molecule has 0 radical (unpaired) electrons. The summed E-state index contributed by atoms with van der Waals surface area (Å²) in [4.78, 5) is 33.8. The van der Waals surface area contributed by atoms with Crippen molar-refractivity contribution in [1.29, 1.82) is 0 Å². The van der Waals surface area contributed by atoms with Gasteiger partial charge in [-0.25, -0.2) is 4.79 Å². The molecule has 0 heterocycles. The van der Waals surface area contributed by atoms with Crippen LogP contribution in [-0.2, 0) is 9.59 Å². The zero-order valence-corrected chi connectivity index (χ0v) is 11.5. The van der Waals surface area contributed by atoms with E-state index in [1.807, 2.05) is 19.9 Å². The monoisotopic (exact) mass is 278 g/mol. The molecule has 0 unspecified atom stereocenters. The summed E-state index contributed by atoms with van der Waals surface area (Å²) in [5.41, 5.74) is 7.21. The fourth-order valence-electron chi connectivity index (χ4n) is 1.89. The second-order valence-corrected chi connectivity index (χ2v) is 4.75. The highest BCUT2D eigenvalue weighted by Crippen LogP contribution is 2.09. The van der Waals surface area contributed by atoms with E-state index in [1.165, 1.54) is 0 Å². The highest BCUT2D eigenvalue weighted by atomic mass is 16.4. The predicted molar refractivity (Wildman–Crippen MR) is 73.2 cm³/mol. The largest absolute Gasteiger partial charge is 0.480 e. The molecule has 0 saturated carbocycles. The summed E-state index contributed by atoms with van der Waals surface area (Å²) in [6.45, 7) is 3.71. The molecule has 1 rings (SSSR count). The molecule has 108 valence electrons. The third-order valence-corrected chi connectivity index (χ3v) is 2.77. The minimum absolute atomic E-state index is 0.0266. The van der Waals surface area contributed by atoms with Gasteiger partial charge in [-0.1, -0.05) is 17.2 Å². The van der Waals surface area contributed by atoms with Crippen molar-refractivity contribution in [2.24, 2.45) is 5.73 Å². The number of nitrogens with one attached hydrogen (secondary N) is 1. The standard InChI is InChI=1S/C14H18N2O4/c1-8-5-9(2)7-10(6-8)13(18)16-11(14(19)20)3-4-12(15)17/h5-7,11H,3-4H2,1-2H3,(H2,15,17)(H,16,18)(H,19,20)/t11-/m0/s1. The maximum absolute atomic E-state index is 12.0. The van der Waals surface area contributed by atoms with Crippen LogP contribution in [0.2, 0.25) is 0 Å². The summed E-state index contributed by atoms with van der Waals surface area (Å²) in [7, 11) is 0. The lowest BCUT2D eigenvalue weighted by atomic mass is 10.1. The van der Waals surface area contributed by atoms with E-state index in [0.717, 1.165) is 11.1 Å². The Morgan fingerprint density at radius 3 is 2.20 bits per heavy atom. The fourth-order valence-corrected chi connectivity index (χ4v) is 1.89. The van der Waals surface area contributed by atoms with Gasteiger partial charge in [-0.2, -0.15) is 0 Å². The van der Waals surface area contributed by atoms with Gasteiger partial charge in [-0.05, 0) is 32.4 Å². The number of benzene rings is 1. The second-order valence-electron chi connectivity index (χ2n) is 4.75. The van der Waals surface area contributed by atoms with Gasteiger partial charge < -0.3 is 16.2 Å². The summed E-state index contributed by atoms with van der Waals surface area (Å²) in [6.07, 6.45) is -0.120. The van der Waals surface area contributed by atoms with E-state index in [9.17, 15) is 14.4 Å². The van der Waals surface area contributed by atoms with Crippen molar-refractivity contribution in [2.75, 3.05) is 0 Å². The Hall–Kier alpha value is -2.37. The number of hydrogen-bond acceptors (Lipinski definition) is 3. The Kier molecular flexibility index (Phi) is 5.25. The van der Waals surface area contributed by atoms with Crippen LogP contribution in [0.25, 0.3) is 0 Å². The molecular formula is C14H18N2O4. The SMILES string of the molecule is Cc1cc(C)cc(C(=O)N[C@@H](CCC(N)=O)C(=O)O)c1. The van der Waals surface area contributed by atoms with Crippen LogP contribution in [0.4, 0.5) is 0 Å². The smallest absolute Gasteiger partial charge is 0.326 e. The summed E-state index contributed by atoms with van der Waals surface area (Å²) in [6, 6.07) is 4.14. The minimum Gasteiger partial charge on any atom is -0.480 e. The molecule has 1 aromatic carbocycles. The van der Waals surface area contributed by atoms with E-state index in [2.05, 4.69) is 5.32 Å². The topological polar surface area (TPSA) is 109 Å². The van der Waals surface area contributed by atoms with Crippen LogP contribution in [0.1, 0.15) is 34.3 Å². The number of aliphatic carboxylic acids is 1. The average molecular weight is 278 g/mol. The zero-order valence-electron chi connectivity index (χ0n) is 11.5. The maximum Gasteiger partial charge on any atom is 0.326 e. The van der Waals surface area contributed by atoms with E-state index in [-0.39, 0.29) is 12.8 Å². The molecule has 0 aromatic heterocycles. The van der Waals surface area contributed by atoms with Crippen molar-refractivity contribution in [3.8, 4) is 0 Å². The third-order valence-electron chi connectivity index (χ3n) is 2.77. The number of nitrogens with two attached hydrogens (primary N) is 1. The van der Waals surface area contributed by atoms with Gasteiger partial charge in [0.05, 0.1) is 0 Å². The second kappa shape index (κ2) is 6.70. The van der Waals surface area contributed by atoms with Crippen molar-refractivity contribution in [3.05, 3.63) is 34.9 Å². The Labute approximate surface area is 117 Å². The van der Waals surface area contributed by atoms with Crippen LogP contribution in [0.15, 0.2) is 18.2 Å². The summed E-state index contributed by atoms with van der Waals surface area (Å²) < 4.78 is 0. The van der Waals surface area contributed by atoms with E-state index in [4.69, 9.17) is 10.8 Å². The highest BCUT2D eigenvalue weighted by molar-refractivity contribution is 5.97. The Morgan fingerprint density at radius 1 is 1.20 bits per heavy atom. The van der Waals surface area contributed by atoms with Gasteiger partial charge in [-0.15, -0.1) is 0 Å². The number of rotatable bonds is 6. The molecule has 0 bridgehead atoms. The number of amides is 2. The molecule has 0 aliphatic carbocycles. The minimum atomic E-state index is -1.19. The molecule has 1 aromatic rings. The molecule has 0 aliphatic heterocycles. The van der Waals surface area contributed by atoms with Gasteiger partial charge in [0.2, 0.25) is 5.91 Å². The zero-order chi connectivity index (χ0) is 15.3. The number of carbonyl (C=O) groups is 3. The van der Waals surface area contributed by atoms with Gasteiger partial charge in [0, 0.05) is 12.0 Å². The van der Waals surface area contributed by atoms with Crippen molar-refractivity contribution in [1.82, 2.24) is 5.32 Å². The van der Waals surface area contributed by atoms with E-state index in [0.29, 0.717) is 5.56 Å². The van der Waals surface area contributed by atoms with Gasteiger partial charge >= 0.3 is 5.97 Å². The van der Waals surface area contributed by atoms with E-state index >= 15 is 0 Å². The molecule has 6 nitrogen and oxygen atoms in total. The first-order valence-electron chi connectivity index (χ1n) is 6.20. The highest BCUT2D eigenvalue weighted by Gasteiger charge is 2.21. The van der Waals surface area contributed by atoms with Gasteiger partial charge in [0.25, 0.3) is 5.91 Å². The lowest BCUT2D eigenvalue weighted by Crippen LogP contribution is -2.41.